The van der Waals surface area contributed by atoms with Gasteiger partial charge in [-0.25, -0.2) is 0 Å². The summed E-state index contributed by atoms with van der Waals surface area (Å²) in [5.74, 6) is 0.725. The number of hydrogen-bond acceptors (Lipinski definition) is 2. The van der Waals surface area contributed by atoms with E-state index in [0.717, 1.165) is 18.4 Å². The van der Waals surface area contributed by atoms with Crippen molar-refractivity contribution in [3.05, 3.63) is 0 Å². The maximum atomic E-state index is 9.91. The zero-order chi connectivity index (χ0) is 10.1. The van der Waals surface area contributed by atoms with Gasteiger partial charge in [0.05, 0.1) is 6.10 Å². The fourth-order valence-corrected chi connectivity index (χ4v) is 2.69. The quantitative estimate of drug-likeness (QED) is 0.745. The first-order valence-electron chi connectivity index (χ1n) is 6.12. The molecule has 2 saturated carbocycles. The van der Waals surface area contributed by atoms with Gasteiger partial charge in [-0.1, -0.05) is 13.8 Å². The van der Waals surface area contributed by atoms with E-state index in [2.05, 4.69) is 18.7 Å². The molecule has 1 N–H and O–H groups in total. The zero-order valence-electron chi connectivity index (χ0n) is 9.45. The number of aliphatic hydroxyl groups excluding tert-OH is 1. The van der Waals surface area contributed by atoms with E-state index in [4.69, 9.17) is 0 Å². The number of aliphatic hydroxyl groups is 1. The Morgan fingerprint density at radius 3 is 2.36 bits per heavy atom. The van der Waals surface area contributed by atoms with Gasteiger partial charge in [-0.15, -0.1) is 0 Å². The number of hydrogen-bond donors (Lipinski definition) is 1. The molecule has 0 saturated heterocycles. The summed E-state index contributed by atoms with van der Waals surface area (Å²) in [7, 11) is 0. The topological polar surface area (TPSA) is 23.5 Å². The zero-order valence-corrected chi connectivity index (χ0v) is 9.45. The van der Waals surface area contributed by atoms with Crippen LogP contribution in [0.1, 0.15) is 46.0 Å². The molecular weight excluding hydrogens is 174 g/mol. The van der Waals surface area contributed by atoms with Crippen molar-refractivity contribution >= 4 is 0 Å². The molecule has 2 atom stereocenters. The maximum Gasteiger partial charge on any atom is 0.0695 e. The van der Waals surface area contributed by atoms with Crippen LogP contribution in [0.25, 0.3) is 0 Å². The molecule has 2 rings (SSSR count). The van der Waals surface area contributed by atoms with Gasteiger partial charge in [0, 0.05) is 18.6 Å². The lowest BCUT2D eigenvalue weighted by Crippen LogP contribution is -2.43. The first-order valence-corrected chi connectivity index (χ1v) is 6.12. The van der Waals surface area contributed by atoms with E-state index in [0.29, 0.717) is 6.04 Å². The molecule has 2 aliphatic rings. The van der Waals surface area contributed by atoms with Crippen LogP contribution in [0.5, 0.6) is 0 Å². The predicted octanol–water partition coefficient (Wildman–Crippen LogP) is 2.02. The Morgan fingerprint density at radius 1 is 1.21 bits per heavy atom. The van der Waals surface area contributed by atoms with Crippen LogP contribution in [0, 0.1) is 5.92 Å². The Labute approximate surface area is 87.3 Å². The first kappa shape index (κ1) is 10.4. The normalized spacial score (nSPS) is 33.2. The summed E-state index contributed by atoms with van der Waals surface area (Å²) in [6.45, 7) is 5.72. The van der Waals surface area contributed by atoms with E-state index < -0.39 is 0 Å². The highest BCUT2D eigenvalue weighted by molar-refractivity contribution is 4.94. The summed E-state index contributed by atoms with van der Waals surface area (Å²) in [6.07, 6.45) is 6.12. The van der Waals surface area contributed by atoms with Crippen LogP contribution in [-0.2, 0) is 0 Å². The molecule has 0 aromatic heterocycles. The van der Waals surface area contributed by atoms with Crippen molar-refractivity contribution in [1.29, 1.82) is 0 Å². The maximum absolute atomic E-state index is 9.91. The molecule has 14 heavy (non-hydrogen) atoms. The molecule has 2 heteroatoms. The molecule has 0 unspecified atom stereocenters. The van der Waals surface area contributed by atoms with Crippen LogP contribution < -0.4 is 0 Å². The average Bonchev–Trinajstić information content (AvgIpc) is 2.86. The Kier molecular flexibility index (Phi) is 3.13. The lowest BCUT2D eigenvalue weighted by atomic mass is 10.1. The van der Waals surface area contributed by atoms with Crippen LogP contribution in [0.2, 0.25) is 0 Å². The van der Waals surface area contributed by atoms with Gasteiger partial charge < -0.3 is 5.11 Å². The number of rotatable bonds is 4. The van der Waals surface area contributed by atoms with Gasteiger partial charge in [-0.2, -0.15) is 0 Å². The smallest absolute Gasteiger partial charge is 0.0695 e. The minimum Gasteiger partial charge on any atom is -0.391 e. The van der Waals surface area contributed by atoms with E-state index in [1.165, 1.54) is 32.2 Å². The third-order valence-corrected chi connectivity index (χ3v) is 3.46. The molecule has 0 amide bonds. The molecule has 0 radical (unpaired) electrons. The SMILES string of the molecule is CC(C)CN(C1CC1)[C@@H]1CCC[C@H]1O. The summed E-state index contributed by atoms with van der Waals surface area (Å²) < 4.78 is 0. The third kappa shape index (κ3) is 2.29. The fraction of sp³-hybridized carbons (Fsp3) is 1.00. The highest BCUT2D eigenvalue weighted by atomic mass is 16.3. The minimum atomic E-state index is -0.0469. The largest absolute Gasteiger partial charge is 0.391 e. The van der Waals surface area contributed by atoms with Gasteiger partial charge in [0.15, 0.2) is 0 Å². The van der Waals surface area contributed by atoms with E-state index in [-0.39, 0.29) is 6.10 Å². The minimum absolute atomic E-state index is 0.0469. The van der Waals surface area contributed by atoms with Crippen molar-refractivity contribution in [3.63, 3.8) is 0 Å². The summed E-state index contributed by atoms with van der Waals surface area (Å²) in [5, 5.41) is 9.91. The van der Waals surface area contributed by atoms with Crippen LogP contribution in [0.15, 0.2) is 0 Å². The van der Waals surface area contributed by atoms with E-state index in [1.807, 2.05) is 0 Å². The van der Waals surface area contributed by atoms with Crippen molar-refractivity contribution < 1.29 is 5.11 Å². The van der Waals surface area contributed by atoms with Crippen molar-refractivity contribution in [3.8, 4) is 0 Å². The monoisotopic (exact) mass is 197 g/mol. The van der Waals surface area contributed by atoms with Crippen LogP contribution in [0.3, 0.4) is 0 Å². The molecule has 2 fully saturated rings. The van der Waals surface area contributed by atoms with Gasteiger partial charge in [-0.05, 0) is 38.0 Å². The molecule has 2 nitrogen and oxygen atoms in total. The summed E-state index contributed by atoms with van der Waals surface area (Å²) in [4.78, 5) is 2.59. The van der Waals surface area contributed by atoms with Crippen molar-refractivity contribution in [2.45, 2.75) is 64.1 Å². The van der Waals surface area contributed by atoms with Gasteiger partial charge in [0.2, 0.25) is 0 Å². The molecule has 0 spiro atoms. The summed E-state index contributed by atoms with van der Waals surface area (Å²) in [6, 6.07) is 1.28. The van der Waals surface area contributed by atoms with Crippen molar-refractivity contribution in [2.24, 2.45) is 5.92 Å². The highest BCUT2D eigenvalue weighted by Gasteiger charge is 2.38. The summed E-state index contributed by atoms with van der Waals surface area (Å²) in [5.41, 5.74) is 0. The molecule has 0 aliphatic heterocycles. The second kappa shape index (κ2) is 4.19. The average molecular weight is 197 g/mol. The van der Waals surface area contributed by atoms with Gasteiger partial charge in [0.25, 0.3) is 0 Å². The lowest BCUT2D eigenvalue weighted by Gasteiger charge is -2.32. The Bertz CT molecular complexity index is 189. The molecule has 82 valence electrons. The van der Waals surface area contributed by atoms with Crippen LogP contribution in [-0.4, -0.2) is 34.7 Å². The van der Waals surface area contributed by atoms with Crippen molar-refractivity contribution in [1.82, 2.24) is 4.90 Å². The van der Waals surface area contributed by atoms with Crippen molar-refractivity contribution in [2.75, 3.05) is 6.54 Å². The Hall–Kier alpha value is -0.0800. The molecule has 0 aromatic rings. The second-order valence-electron chi connectivity index (χ2n) is 5.39. The van der Waals surface area contributed by atoms with Gasteiger partial charge >= 0.3 is 0 Å². The molecule has 0 heterocycles. The predicted molar refractivity (Wildman–Crippen MR) is 58.2 cm³/mol. The summed E-state index contributed by atoms with van der Waals surface area (Å²) >= 11 is 0. The standard InChI is InChI=1S/C12H23NO/c1-9(2)8-13(10-6-7-10)11-4-3-5-12(11)14/h9-12,14H,3-8H2,1-2H3/t11-,12-/m1/s1. The third-order valence-electron chi connectivity index (χ3n) is 3.46. The first-order chi connectivity index (χ1) is 6.68. The molecular formula is C12H23NO. The van der Waals surface area contributed by atoms with Crippen LogP contribution >= 0.6 is 0 Å². The Balaban J connectivity index is 1.94. The van der Waals surface area contributed by atoms with Gasteiger partial charge in [-0.3, -0.25) is 4.90 Å². The van der Waals surface area contributed by atoms with Crippen LogP contribution in [0.4, 0.5) is 0 Å². The Morgan fingerprint density at radius 2 is 1.93 bits per heavy atom. The number of nitrogens with zero attached hydrogens (tertiary/aromatic N) is 1. The fourth-order valence-electron chi connectivity index (χ4n) is 2.69. The lowest BCUT2D eigenvalue weighted by molar-refractivity contribution is 0.0582. The van der Waals surface area contributed by atoms with E-state index in [9.17, 15) is 5.11 Å². The second-order valence-corrected chi connectivity index (χ2v) is 5.39. The van der Waals surface area contributed by atoms with E-state index >= 15 is 0 Å². The highest BCUT2D eigenvalue weighted by Crippen LogP contribution is 2.34. The van der Waals surface area contributed by atoms with Gasteiger partial charge in [0.1, 0.15) is 0 Å². The molecule has 0 bridgehead atoms. The molecule has 2 aliphatic carbocycles. The molecule has 0 aromatic carbocycles. The van der Waals surface area contributed by atoms with E-state index in [1.54, 1.807) is 0 Å².